The molecule has 89 heavy (non-hydrogen) atoms. The number of halogens is 3. The Balaban J connectivity index is 0.000000139. The van der Waals surface area contributed by atoms with Crippen molar-refractivity contribution < 1.29 is 96.4 Å². The molecule has 23 atom stereocenters. The molecule has 1 saturated heterocycles. The first-order valence-electron chi connectivity index (χ1n) is 32.1. The first kappa shape index (κ1) is 65.8. The second-order valence-corrected chi connectivity index (χ2v) is 30.8. The van der Waals surface area contributed by atoms with Crippen molar-refractivity contribution in [2.45, 2.75) is 218 Å². The molecular formula is C69H89F3O17. The Morgan fingerprint density at radius 2 is 1.26 bits per heavy atom. The fraction of sp³-hybridized carbons (Fsp3) is 0.739. The molecule has 0 amide bonds. The van der Waals surface area contributed by atoms with E-state index in [9.17, 15) is 69.0 Å². The van der Waals surface area contributed by atoms with E-state index in [4.69, 9.17) is 14.2 Å². The molecule has 0 bridgehead atoms. The lowest BCUT2D eigenvalue weighted by Crippen LogP contribution is -2.71. The standard InChI is InChI=1S/C26H32F2O7.C22H29FO5.C21H28O5/c1-13(29)33-12-20(32)26-21(34-22(2,3)35-26)10-15-16-9-18(27)17-8-14(30)6-7-23(17,4)25(16,28)19(31)11-24(15,26)5;1-12-8-16-15-5-4-13-9-14(25)6-7-19(13,2)21(15,23)17(26)10-20(16,3)22(12,28)18(27)11-24;1-19-7-5-13(23)9-12(19)3-4-14-15-6-8-21(26,17(25)11-22)20(15,2)10-16(24)18(14)19/h6-8,15-16,18-19,21,31H,9-12H2,1-5H3;6-7,9,12,15-17,24,26,28H,4-5,8,10-11H2,1-3H3;9,14-15,18,22,26H,3-8,10-11H2,1-2H3/t15-,16-,18-,19-,21+,23-,24-,25-,26+;12-,15+,16+,17+,19+,20+,21+,22+;14-,15-,18+,19-,20-,21-/m010/s1. The quantitative estimate of drug-likeness (QED) is 0.143. The summed E-state index contributed by atoms with van der Waals surface area (Å²) < 4.78 is 67.2. The molecule has 12 aliphatic carbocycles. The van der Waals surface area contributed by atoms with Gasteiger partial charge in [-0.05, 0) is 176 Å². The van der Waals surface area contributed by atoms with Crippen LogP contribution in [0.1, 0.15) is 159 Å². The van der Waals surface area contributed by atoms with Gasteiger partial charge in [-0.1, -0.05) is 57.9 Å². The molecule has 0 radical (unpaired) electrons. The number of Topliss-reactive ketones (excluding diaryl/α,β-unsaturated/α-hetero) is 4. The van der Waals surface area contributed by atoms with Crippen LogP contribution in [-0.4, -0.2) is 155 Å². The molecule has 17 nitrogen and oxygen atoms in total. The predicted octanol–water partition coefficient (Wildman–Crippen LogP) is 6.82. The van der Waals surface area contributed by atoms with E-state index in [1.165, 1.54) is 38.2 Å². The third-order valence-corrected chi connectivity index (χ3v) is 26.6. The number of aliphatic hydroxyl groups excluding tert-OH is 4. The molecule has 0 aromatic heterocycles. The molecule has 0 aromatic carbocycles. The fourth-order valence-electron chi connectivity index (χ4n) is 22.3. The highest BCUT2D eigenvalue weighted by Gasteiger charge is 2.82. The van der Waals surface area contributed by atoms with Crippen molar-refractivity contribution in [1.29, 1.82) is 0 Å². The smallest absolute Gasteiger partial charge is 0.303 e. The lowest BCUT2D eigenvalue weighted by atomic mass is 9.44. The van der Waals surface area contributed by atoms with Gasteiger partial charge in [0.2, 0.25) is 5.78 Å². The van der Waals surface area contributed by atoms with Crippen LogP contribution in [0, 0.1) is 79.8 Å². The molecule has 9 saturated carbocycles. The summed E-state index contributed by atoms with van der Waals surface area (Å²) in [4.78, 5) is 99.0. The zero-order valence-electron chi connectivity index (χ0n) is 52.8. The lowest BCUT2D eigenvalue weighted by molar-refractivity contribution is -0.249. The highest BCUT2D eigenvalue weighted by Crippen LogP contribution is 2.74. The van der Waals surface area contributed by atoms with Crippen LogP contribution in [0.15, 0.2) is 59.3 Å². The number of esters is 1. The van der Waals surface area contributed by atoms with E-state index >= 15 is 13.2 Å². The Kier molecular flexibility index (Phi) is 15.7. The first-order valence-corrected chi connectivity index (χ1v) is 32.1. The van der Waals surface area contributed by atoms with Gasteiger partial charge in [0.1, 0.15) is 36.4 Å². The summed E-state index contributed by atoms with van der Waals surface area (Å²) in [5.74, 6) is -6.52. The fourth-order valence-corrected chi connectivity index (χ4v) is 22.3. The number of rotatable bonds is 7. The molecule has 0 unspecified atom stereocenters. The largest absolute Gasteiger partial charge is 0.458 e. The highest BCUT2D eigenvalue weighted by atomic mass is 19.2. The van der Waals surface area contributed by atoms with E-state index < -0.39 is 158 Å². The minimum Gasteiger partial charge on any atom is -0.458 e. The molecule has 1 heterocycles. The van der Waals surface area contributed by atoms with Gasteiger partial charge in [0, 0.05) is 64.6 Å². The number of hydrogen-bond donors (Lipinski definition) is 6. The van der Waals surface area contributed by atoms with Gasteiger partial charge in [-0.25, -0.2) is 13.2 Å². The molecule has 6 N–H and O–H groups in total. The Bertz CT molecular complexity index is 3260. The summed E-state index contributed by atoms with van der Waals surface area (Å²) in [6.45, 7) is 15.1. The number of hydrogen-bond acceptors (Lipinski definition) is 17. The van der Waals surface area contributed by atoms with Crippen LogP contribution < -0.4 is 0 Å². The van der Waals surface area contributed by atoms with Crippen molar-refractivity contribution >= 4 is 46.5 Å². The van der Waals surface area contributed by atoms with Crippen molar-refractivity contribution in [3.63, 3.8) is 0 Å². The van der Waals surface area contributed by atoms with E-state index in [0.717, 1.165) is 24.5 Å². The van der Waals surface area contributed by atoms with Gasteiger partial charge < -0.3 is 44.8 Å². The van der Waals surface area contributed by atoms with Gasteiger partial charge in [-0.2, -0.15) is 0 Å². The van der Waals surface area contributed by atoms with Gasteiger partial charge in [-0.15, -0.1) is 0 Å². The minimum absolute atomic E-state index is 0.0406. The SMILES string of the molecule is CC(=O)OCC(=O)[C@@]12OC(C)(C)O[C@@H]1C[C@H]1[C@@H]3C[C@H](F)C4=CC(=O)C=C[C@]4(C)[C@@]3(F)[C@@H](O)C[C@@]12C.C[C@@H]1C[C@H]2[C@@H]3CCC4=CC(=O)C=C[C@]4(C)[C@@]3(F)[C@@H](O)C[C@]2(C)[C@@]1(O)C(=O)CO.C[C@]12CCC(=O)C=C1CC[C@@H]1[C@@H]2C(=O)C[C@@]2(C)[C@H]1CC[C@]2(O)C(=O)CO. The maximum absolute atomic E-state index is 17.3. The van der Waals surface area contributed by atoms with Crippen LogP contribution in [0.5, 0.6) is 0 Å². The van der Waals surface area contributed by atoms with Gasteiger partial charge in [0.15, 0.2) is 58.2 Å². The molecule has 13 rings (SSSR count). The molecule has 1 aliphatic heterocycles. The van der Waals surface area contributed by atoms with Crippen molar-refractivity contribution in [2.75, 3.05) is 19.8 Å². The normalized spacial score (nSPS) is 49.9. The Labute approximate surface area is 517 Å². The summed E-state index contributed by atoms with van der Waals surface area (Å²) in [5.41, 5.74) is -13.2. The molecule has 20 heteroatoms. The average molecular weight is 1250 g/mol. The van der Waals surface area contributed by atoms with E-state index in [2.05, 4.69) is 6.92 Å². The van der Waals surface area contributed by atoms with Gasteiger partial charge in [-0.3, -0.25) is 38.4 Å². The number of fused-ring (bicyclic) bond motifs is 17. The minimum atomic E-state index is -2.27. The summed E-state index contributed by atoms with van der Waals surface area (Å²) in [5, 5.41) is 63.9. The van der Waals surface area contributed by atoms with Crippen LogP contribution in [-0.2, 0) is 52.6 Å². The summed E-state index contributed by atoms with van der Waals surface area (Å²) in [6.07, 6.45) is 9.92. The monoisotopic (exact) mass is 1250 g/mol. The van der Waals surface area contributed by atoms with Gasteiger partial charge in [0.25, 0.3) is 0 Å². The first-order chi connectivity index (χ1) is 41.3. The Morgan fingerprint density at radius 1 is 0.663 bits per heavy atom. The second kappa shape index (κ2) is 21.2. The highest BCUT2D eigenvalue weighted by molar-refractivity contribution is 6.02. The van der Waals surface area contributed by atoms with Crippen LogP contribution in [0.2, 0.25) is 0 Å². The van der Waals surface area contributed by atoms with Crippen LogP contribution in [0.3, 0.4) is 0 Å². The van der Waals surface area contributed by atoms with Crippen LogP contribution >= 0.6 is 0 Å². The number of alkyl halides is 3. The van der Waals surface area contributed by atoms with Crippen molar-refractivity contribution in [3.8, 4) is 0 Å². The number of carbonyl (C=O) groups is 8. The van der Waals surface area contributed by atoms with Crippen LogP contribution in [0.25, 0.3) is 0 Å². The number of ether oxygens (including phenoxy) is 3. The third-order valence-electron chi connectivity index (χ3n) is 26.6. The lowest BCUT2D eigenvalue weighted by Gasteiger charge is -2.63. The van der Waals surface area contributed by atoms with Gasteiger partial charge >= 0.3 is 5.97 Å². The molecule has 10 fully saturated rings. The van der Waals surface area contributed by atoms with E-state index in [1.807, 2.05) is 6.92 Å². The zero-order chi connectivity index (χ0) is 65.4. The molecule has 0 aromatic rings. The summed E-state index contributed by atoms with van der Waals surface area (Å²) in [7, 11) is 0. The van der Waals surface area contributed by atoms with E-state index in [-0.39, 0.29) is 84.1 Å². The van der Waals surface area contributed by atoms with Crippen molar-refractivity contribution in [2.24, 2.45) is 79.8 Å². The van der Waals surface area contributed by atoms with Crippen LogP contribution in [0.4, 0.5) is 13.2 Å². The maximum atomic E-state index is 17.3. The molecule has 0 spiro atoms. The number of ketones is 7. The maximum Gasteiger partial charge on any atom is 0.303 e. The van der Waals surface area contributed by atoms with E-state index in [1.54, 1.807) is 53.7 Å². The topological polar surface area (TPSA) is 286 Å². The zero-order valence-corrected chi connectivity index (χ0v) is 52.8. The van der Waals surface area contributed by atoms with E-state index in [0.29, 0.717) is 50.5 Å². The number of carbonyl (C=O) groups excluding carboxylic acids is 8. The molecule has 488 valence electrons. The summed E-state index contributed by atoms with van der Waals surface area (Å²) >= 11 is 0. The Morgan fingerprint density at radius 3 is 1.90 bits per heavy atom. The predicted molar refractivity (Wildman–Crippen MR) is 313 cm³/mol. The second-order valence-electron chi connectivity index (χ2n) is 30.8. The van der Waals surface area contributed by atoms with Crippen molar-refractivity contribution in [3.05, 3.63) is 59.3 Å². The average Bonchev–Trinajstić information content (AvgIpc) is 1.63. The number of allylic oxidation sites excluding steroid dienone is 9. The molecule has 13 aliphatic rings. The van der Waals surface area contributed by atoms with Gasteiger partial charge in [0.05, 0.1) is 18.3 Å². The summed E-state index contributed by atoms with van der Waals surface area (Å²) in [6, 6.07) is 0. The number of aliphatic hydroxyl groups is 6. The third kappa shape index (κ3) is 8.59. The molecular weight excluding hydrogens is 1160 g/mol. The van der Waals surface area contributed by atoms with Crippen molar-refractivity contribution in [1.82, 2.24) is 0 Å². The Hall–Kier alpha value is -4.67.